The molecule has 0 fully saturated rings. The van der Waals surface area contributed by atoms with Crippen molar-refractivity contribution in [2.75, 3.05) is 14.1 Å². The molecule has 0 N–H and O–H groups in total. The lowest BCUT2D eigenvalue weighted by Gasteiger charge is -2.02. The van der Waals surface area contributed by atoms with Gasteiger partial charge >= 0.3 is 0 Å². The van der Waals surface area contributed by atoms with E-state index in [0.29, 0.717) is 0 Å². The lowest BCUT2D eigenvalue weighted by molar-refractivity contribution is 0.707. The lowest BCUT2D eigenvalue weighted by atomic mass is 10.7. The fraction of sp³-hybridized carbons (Fsp3) is 0.500. The summed E-state index contributed by atoms with van der Waals surface area (Å²) in [5.41, 5.74) is 0. The zero-order valence-corrected chi connectivity index (χ0v) is 5.63. The van der Waals surface area contributed by atoms with Gasteiger partial charge < -0.3 is 4.90 Å². The highest BCUT2D eigenvalue weighted by molar-refractivity contribution is 5.55. The molecule has 0 unspecified atom stereocenters. The first-order chi connectivity index (χ1) is 3.81. The second-order valence-electron chi connectivity index (χ2n) is 1.52. The average Bonchev–Trinajstić information content (AvgIpc) is 1.68. The summed E-state index contributed by atoms with van der Waals surface area (Å²) in [6, 6.07) is 0. The van der Waals surface area contributed by atoms with E-state index < -0.39 is 0 Å². The normalized spacial score (nSPS) is 11.4. The predicted molar refractivity (Wildman–Crippen MR) is 37.0 cm³/mol. The molecule has 2 nitrogen and oxygen atoms in total. The molecule has 0 saturated carbocycles. The van der Waals surface area contributed by atoms with Crippen molar-refractivity contribution >= 4 is 6.34 Å². The van der Waals surface area contributed by atoms with Gasteiger partial charge in [0.2, 0.25) is 0 Å². The first-order valence-corrected chi connectivity index (χ1v) is 2.58. The van der Waals surface area contributed by atoms with Crippen molar-refractivity contribution < 1.29 is 0 Å². The minimum Gasteiger partial charge on any atom is -0.343 e. The van der Waals surface area contributed by atoms with E-state index in [1.807, 2.05) is 31.1 Å². The first kappa shape index (κ1) is 7.21. The van der Waals surface area contributed by atoms with Crippen LogP contribution in [0.15, 0.2) is 17.3 Å². The van der Waals surface area contributed by atoms with E-state index >= 15 is 0 Å². The van der Waals surface area contributed by atoms with Crippen LogP contribution in [0.1, 0.15) is 6.92 Å². The molecule has 0 spiro atoms. The van der Waals surface area contributed by atoms with Gasteiger partial charge in [-0.2, -0.15) is 0 Å². The van der Waals surface area contributed by atoms with Crippen molar-refractivity contribution in [2.24, 2.45) is 4.99 Å². The van der Waals surface area contributed by atoms with E-state index in [1.54, 1.807) is 13.4 Å². The number of hydrogen-bond acceptors (Lipinski definition) is 1. The van der Waals surface area contributed by atoms with Gasteiger partial charge in [0.1, 0.15) is 0 Å². The second-order valence-corrected chi connectivity index (χ2v) is 1.52. The molecule has 46 valence electrons. The molecular formula is C6H12N2. The number of nitrogens with zero attached hydrogens (tertiary/aromatic N) is 2. The van der Waals surface area contributed by atoms with Crippen molar-refractivity contribution in [3.63, 3.8) is 0 Å². The Kier molecular flexibility index (Phi) is 3.94. The van der Waals surface area contributed by atoms with Gasteiger partial charge in [-0.1, -0.05) is 6.08 Å². The minimum absolute atomic E-state index is 1.75. The molecule has 0 heterocycles. The van der Waals surface area contributed by atoms with E-state index in [9.17, 15) is 0 Å². The fourth-order valence-corrected chi connectivity index (χ4v) is 0.456. The molecule has 0 aliphatic heterocycles. The molecule has 0 aromatic rings. The summed E-state index contributed by atoms with van der Waals surface area (Å²) in [7, 11) is 3.69. The minimum atomic E-state index is 1.75. The van der Waals surface area contributed by atoms with Crippen LogP contribution < -0.4 is 0 Å². The third-order valence-corrected chi connectivity index (χ3v) is 0.682. The number of rotatable bonds is 2. The number of allylic oxidation sites excluding steroid dienone is 1. The van der Waals surface area contributed by atoms with Crippen molar-refractivity contribution in [3.8, 4) is 0 Å². The Morgan fingerprint density at radius 1 is 1.50 bits per heavy atom. The van der Waals surface area contributed by atoms with Gasteiger partial charge in [0.15, 0.2) is 0 Å². The maximum absolute atomic E-state index is 3.80. The molecule has 2 heteroatoms. The molecule has 0 aliphatic carbocycles. The maximum Gasteiger partial charge on any atom is 0.0883 e. The van der Waals surface area contributed by atoms with Crippen molar-refractivity contribution in [1.29, 1.82) is 0 Å². The maximum atomic E-state index is 3.80. The first-order valence-electron chi connectivity index (χ1n) is 2.58. The Morgan fingerprint density at radius 3 is 2.50 bits per heavy atom. The molecule has 0 saturated heterocycles. The van der Waals surface area contributed by atoms with Crippen molar-refractivity contribution in [3.05, 3.63) is 12.3 Å². The molecule has 0 aromatic heterocycles. The van der Waals surface area contributed by atoms with Gasteiger partial charge in [0, 0.05) is 20.3 Å². The smallest absolute Gasteiger partial charge is 0.0883 e. The molecule has 8 heavy (non-hydrogen) atoms. The molecule has 0 radical (unpaired) electrons. The summed E-state index contributed by atoms with van der Waals surface area (Å²) in [6.07, 6.45) is 5.65. The Bertz CT molecular complexity index is 82.7. The van der Waals surface area contributed by atoms with E-state index in [0.717, 1.165) is 0 Å². The van der Waals surface area contributed by atoms with E-state index in [-0.39, 0.29) is 0 Å². The molecular weight excluding hydrogens is 100 g/mol. The Labute approximate surface area is 50.5 Å². The number of aliphatic imine (C=N–C) groups is 1. The Hall–Kier alpha value is -0.790. The van der Waals surface area contributed by atoms with Crippen LogP contribution in [0.5, 0.6) is 0 Å². The summed E-state index contributed by atoms with van der Waals surface area (Å²) in [5, 5.41) is 0. The van der Waals surface area contributed by atoms with Crippen molar-refractivity contribution in [2.45, 2.75) is 6.92 Å². The molecule has 0 bridgehead atoms. The molecule has 0 rings (SSSR count). The average molecular weight is 112 g/mol. The molecule has 0 amide bonds. The highest BCUT2D eigenvalue weighted by atomic mass is 15.1. The van der Waals surface area contributed by atoms with Gasteiger partial charge in [-0.15, -0.1) is 0 Å². The van der Waals surface area contributed by atoms with Crippen LogP contribution in [0.2, 0.25) is 0 Å². The summed E-state index contributed by atoms with van der Waals surface area (Å²) < 4.78 is 0. The van der Waals surface area contributed by atoms with Crippen LogP contribution >= 0.6 is 0 Å². The highest BCUT2D eigenvalue weighted by Gasteiger charge is 1.75. The standard InChI is InChI=1S/C6H12N2/c1-4-5-8(3)6-7-2/h4-6H,1-3H3. The van der Waals surface area contributed by atoms with Gasteiger partial charge in [-0.3, -0.25) is 4.99 Å². The Morgan fingerprint density at radius 2 is 2.12 bits per heavy atom. The fourth-order valence-electron chi connectivity index (χ4n) is 0.456. The van der Waals surface area contributed by atoms with Gasteiger partial charge in [-0.05, 0) is 6.92 Å². The third-order valence-electron chi connectivity index (χ3n) is 0.682. The topological polar surface area (TPSA) is 15.6 Å². The SMILES string of the molecule is CC=CN(C)C=NC. The van der Waals surface area contributed by atoms with E-state index in [1.165, 1.54) is 0 Å². The lowest BCUT2D eigenvalue weighted by Crippen LogP contribution is -2.05. The molecule has 0 atom stereocenters. The van der Waals surface area contributed by atoms with E-state index in [4.69, 9.17) is 0 Å². The van der Waals surface area contributed by atoms with E-state index in [2.05, 4.69) is 4.99 Å². The van der Waals surface area contributed by atoms with Crippen LogP contribution in [-0.2, 0) is 0 Å². The van der Waals surface area contributed by atoms with Crippen LogP contribution in [0.25, 0.3) is 0 Å². The summed E-state index contributed by atoms with van der Waals surface area (Å²) in [4.78, 5) is 5.69. The van der Waals surface area contributed by atoms with Gasteiger partial charge in [0.25, 0.3) is 0 Å². The predicted octanol–water partition coefficient (Wildman–Crippen LogP) is 1.11. The summed E-state index contributed by atoms with van der Waals surface area (Å²) in [6.45, 7) is 1.97. The number of hydrogen-bond donors (Lipinski definition) is 0. The van der Waals surface area contributed by atoms with Crippen molar-refractivity contribution in [1.82, 2.24) is 4.90 Å². The monoisotopic (exact) mass is 112 g/mol. The summed E-state index contributed by atoms with van der Waals surface area (Å²) >= 11 is 0. The van der Waals surface area contributed by atoms with Gasteiger partial charge in [0.05, 0.1) is 6.34 Å². The Balaban J connectivity index is 3.47. The van der Waals surface area contributed by atoms with Crippen LogP contribution in [0, 0.1) is 0 Å². The largest absolute Gasteiger partial charge is 0.343 e. The summed E-state index contributed by atoms with van der Waals surface area (Å²) in [5.74, 6) is 0. The molecule has 0 aliphatic rings. The third kappa shape index (κ3) is 3.40. The second kappa shape index (κ2) is 4.37. The quantitative estimate of drug-likeness (QED) is 0.386. The van der Waals surface area contributed by atoms with Crippen LogP contribution in [0.4, 0.5) is 0 Å². The zero-order chi connectivity index (χ0) is 6.41. The van der Waals surface area contributed by atoms with Crippen LogP contribution in [0.3, 0.4) is 0 Å². The zero-order valence-electron chi connectivity index (χ0n) is 5.63. The van der Waals surface area contributed by atoms with Crippen LogP contribution in [-0.4, -0.2) is 25.3 Å². The molecule has 0 aromatic carbocycles. The highest BCUT2D eigenvalue weighted by Crippen LogP contribution is 1.76. The van der Waals surface area contributed by atoms with Gasteiger partial charge in [-0.25, -0.2) is 0 Å².